The highest BCUT2D eigenvalue weighted by Crippen LogP contribution is 2.34. The summed E-state index contributed by atoms with van der Waals surface area (Å²) in [5.41, 5.74) is 4.09. The second kappa shape index (κ2) is 12.9. The number of nitrogens with one attached hydrogen (secondary N) is 4. The van der Waals surface area contributed by atoms with Crippen LogP contribution in [0.4, 0.5) is 10.5 Å². The van der Waals surface area contributed by atoms with Gasteiger partial charge < -0.3 is 20.1 Å². The van der Waals surface area contributed by atoms with E-state index in [0.29, 0.717) is 63.1 Å². The number of ether oxygens (including phenoxy) is 2. The van der Waals surface area contributed by atoms with Crippen LogP contribution in [0.3, 0.4) is 0 Å². The van der Waals surface area contributed by atoms with Crippen LogP contribution in [0, 0.1) is 18.3 Å². The molecule has 2 aromatic carbocycles. The number of rotatable bonds is 10. The van der Waals surface area contributed by atoms with Crippen molar-refractivity contribution in [2.24, 2.45) is 5.92 Å². The second-order valence-electron chi connectivity index (χ2n) is 9.58. The molecule has 1 fully saturated rings. The van der Waals surface area contributed by atoms with Crippen LogP contribution >= 0.6 is 0 Å². The van der Waals surface area contributed by atoms with Crippen LogP contribution in [0.15, 0.2) is 55.1 Å². The topological polar surface area (TPSA) is 143 Å². The molecule has 3 amide bonds. The molecule has 10 nitrogen and oxygen atoms in total. The van der Waals surface area contributed by atoms with Gasteiger partial charge in [0.25, 0.3) is 11.8 Å². The van der Waals surface area contributed by atoms with Gasteiger partial charge in [-0.1, -0.05) is 18.7 Å². The predicted molar refractivity (Wildman–Crippen MR) is 157 cm³/mol. The highest BCUT2D eigenvalue weighted by molar-refractivity contribution is 6.10. The molecule has 0 unspecified atom stereocenters. The van der Waals surface area contributed by atoms with Crippen LogP contribution < -0.4 is 20.7 Å². The molecule has 10 heteroatoms. The largest absolute Gasteiger partial charge is 0.496 e. The zero-order valence-corrected chi connectivity index (χ0v) is 23.3. The summed E-state index contributed by atoms with van der Waals surface area (Å²) in [4.78, 5) is 42.3. The minimum atomic E-state index is -0.711. The molecule has 41 heavy (non-hydrogen) atoms. The summed E-state index contributed by atoms with van der Waals surface area (Å²) in [6, 6.07) is 13.4. The Morgan fingerprint density at radius 3 is 2.41 bits per heavy atom. The number of amidine groups is 1. The average Bonchev–Trinajstić information content (AvgIpc) is 3.80. The van der Waals surface area contributed by atoms with Gasteiger partial charge in [-0.05, 0) is 80.6 Å². The lowest BCUT2D eigenvalue weighted by atomic mass is 9.94. The van der Waals surface area contributed by atoms with Gasteiger partial charge in [-0.15, -0.1) is 0 Å². The Morgan fingerprint density at radius 2 is 1.80 bits per heavy atom. The molecule has 1 heterocycles. The molecule has 3 aromatic rings. The molecule has 0 spiro atoms. The number of pyridine rings is 1. The third-order valence-electron chi connectivity index (χ3n) is 6.63. The van der Waals surface area contributed by atoms with E-state index in [4.69, 9.17) is 14.9 Å². The van der Waals surface area contributed by atoms with E-state index < -0.39 is 6.09 Å². The van der Waals surface area contributed by atoms with Gasteiger partial charge in [0.15, 0.2) is 0 Å². The SMILES string of the molecule is C=Cc1cc(C(=O)Nc2ccc(C(=N)NC(=O)OCC)cc2)c(-c2ccc(C(=O)NCC3CC3)nc2C)cc1OC. The van der Waals surface area contributed by atoms with E-state index in [1.807, 2.05) is 0 Å². The van der Waals surface area contributed by atoms with Crippen LogP contribution in [0.25, 0.3) is 17.2 Å². The van der Waals surface area contributed by atoms with E-state index in [9.17, 15) is 14.4 Å². The second-order valence-corrected chi connectivity index (χ2v) is 9.58. The van der Waals surface area contributed by atoms with E-state index in [1.54, 1.807) is 75.6 Å². The Hall–Kier alpha value is -4.99. The fourth-order valence-corrected chi connectivity index (χ4v) is 4.23. The predicted octanol–water partition coefficient (Wildman–Crippen LogP) is 5.17. The highest BCUT2D eigenvalue weighted by Gasteiger charge is 2.23. The van der Waals surface area contributed by atoms with Crippen molar-refractivity contribution in [3.05, 3.63) is 83.2 Å². The summed E-state index contributed by atoms with van der Waals surface area (Å²) >= 11 is 0. The Balaban J connectivity index is 1.59. The quantitative estimate of drug-likeness (QED) is 0.201. The summed E-state index contributed by atoms with van der Waals surface area (Å²) in [6.45, 7) is 8.15. The van der Waals surface area contributed by atoms with Gasteiger partial charge in [-0.25, -0.2) is 9.78 Å². The van der Waals surface area contributed by atoms with Gasteiger partial charge >= 0.3 is 6.09 Å². The molecule has 0 atom stereocenters. The monoisotopic (exact) mass is 555 g/mol. The third-order valence-corrected chi connectivity index (χ3v) is 6.63. The van der Waals surface area contributed by atoms with E-state index in [1.165, 1.54) is 0 Å². The maximum absolute atomic E-state index is 13.6. The van der Waals surface area contributed by atoms with Crippen molar-refractivity contribution in [1.82, 2.24) is 15.6 Å². The lowest BCUT2D eigenvalue weighted by molar-refractivity contribution is 0.0945. The smallest absolute Gasteiger partial charge is 0.412 e. The Kier molecular flexibility index (Phi) is 9.13. The summed E-state index contributed by atoms with van der Waals surface area (Å²) < 4.78 is 10.3. The number of aryl methyl sites for hydroxylation is 1. The number of hydrogen-bond donors (Lipinski definition) is 4. The van der Waals surface area contributed by atoms with Gasteiger partial charge in [0, 0.05) is 40.2 Å². The molecule has 0 bridgehead atoms. The molecule has 212 valence electrons. The van der Waals surface area contributed by atoms with Crippen molar-refractivity contribution in [2.45, 2.75) is 26.7 Å². The zero-order chi connectivity index (χ0) is 29.5. The van der Waals surface area contributed by atoms with Gasteiger partial charge in [0.1, 0.15) is 17.3 Å². The zero-order valence-electron chi connectivity index (χ0n) is 23.3. The number of methoxy groups -OCH3 is 1. The normalized spacial score (nSPS) is 12.2. The van der Waals surface area contributed by atoms with Gasteiger partial charge in [-0.2, -0.15) is 0 Å². The van der Waals surface area contributed by atoms with Crippen LogP contribution in [0.1, 0.15) is 57.4 Å². The number of carbonyl (C=O) groups excluding carboxylic acids is 3. The number of aromatic nitrogens is 1. The van der Waals surface area contributed by atoms with Crippen molar-refractivity contribution in [2.75, 3.05) is 25.6 Å². The molecule has 1 aromatic heterocycles. The molecular formula is C31H33N5O5. The molecule has 1 saturated carbocycles. The maximum atomic E-state index is 13.6. The third kappa shape index (κ3) is 7.16. The Morgan fingerprint density at radius 1 is 1.07 bits per heavy atom. The number of benzene rings is 2. The van der Waals surface area contributed by atoms with Gasteiger partial charge in [0.05, 0.1) is 13.7 Å². The first-order chi connectivity index (χ1) is 19.7. The van der Waals surface area contributed by atoms with Crippen LogP contribution in [-0.2, 0) is 4.74 Å². The lowest BCUT2D eigenvalue weighted by Gasteiger charge is -2.16. The first-order valence-electron chi connectivity index (χ1n) is 13.3. The van der Waals surface area contributed by atoms with Crippen LogP contribution in [-0.4, -0.2) is 49.0 Å². The number of amides is 3. The fraction of sp³-hybridized carbons (Fsp3) is 0.258. The average molecular weight is 556 g/mol. The minimum absolute atomic E-state index is 0.123. The number of hydrogen-bond acceptors (Lipinski definition) is 7. The maximum Gasteiger partial charge on any atom is 0.412 e. The first kappa shape index (κ1) is 29.0. The molecule has 1 aliphatic rings. The Labute approximate surface area is 238 Å². The van der Waals surface area contributed by atoms with Gasteiger partial charge in [0.2, 0.25) is 0 Å². The minimum Gasteiger partial charge on any atom is -0.496 e. The summed E-state index contributed by atoms with van der Waals surface area (Å²) in [7, 11) is 1.54. The molecule has 4 rings (SSSR count). The van der Waals surface area contributed by atoms with Crippen LogP contribution in [0.5, 0.6) is 5.75 Å². The summed E-state index contributed by atoms with van der Waals surface area (Å²) in [6.07, 6.45) is 3.17. The van der Waals surface area contributed by atoms with Crippen molar-refractivity contribution < 1.29 is 23.9 Å². The van der Waals surface area contributed by atoms with E-state index >= 15 is 0 Å². The molecule has 0 saturated heterocycles. The van der Waals surface area contributed by atoms with Gasteiger partial charge in [-0.3, -0.25) is 20.3 Å². The first-order valence-corrected chi connectivity index (χ1v) is 13.3. The molecule has 0 radical (unpaired) electrons. The van der Waals surface area contributed by atoms with Crippen LogP contribution in [0.2, 0.25) is 0 Å². The van der Waals surface area contributed by atoms with E-state index in [0.717, 1.165) is 12.8 Å². The standard InChI is InChI=1S/C31H33N5O5/c1-5-20-15-25(29(37)35-22-11-9-21(10-12-22)28(32)36-31(39)41-6-2)24(16-27(20)40-4)23-13-14-26(34-18(23)3)30(38)33-17-19-7-8-19/h5,9-16,19H,1,6-8,17H2,2-4H3,(H,33,38)(H,35,37)(H2,32,36,39). The van der Waals surface area contributed by atoms with Crippen molar-refractivity contribution in [3.63, 3.8) is 0 Å². The summed E-state index contributed by atoms with van der Waals surface area (Å²) in [5.74, 6) is 0.360. The molecule has 1 aliphatic carbocycles. The molecule has 0 aliphatic heterocycles. The highest BCUT2D eigenvalue weighted by atomic mass is 16.5. The van der Waals surface area contributed by atoms with Crippen molar-refractivity contribution in [3.8, 4) is 16.9 Å². The number of anilines is 1. The number of alkyl carbamates (subject to hydrolysis) is 1. The summed E-state index contributed by atoms with van der Waals surface area (Å²) in [5, 5.41) is 16.2. The number of nitrogens with zero attached hydrogens (tertiary/aromatic N) is 1. The molecule has 4 N–H and O–H groups in total. The van der Waals surface area contributed by atoms with Crippen molar-refractivity contribution >= 4 is 35.5 Å². The van der Waals surface area contributed by atoms with E-state index in [2.05, 4.69) is 27.5 Å². The van der Waals surface area contributed by atoms with Crippen molar-refractivity contribution in [1.29, 1.82) is 5.41 Å². The Bertz CT molecular complexity index is 1500. The molecular weight excluding hydrogens is 522 g/mol. The lowest BCUT2D eigenvalue weighted by Crippen LogP contribution is -2.31. The fourth-order valence-electron chi connectivity index (χ4n) is 4.23. The van der Waals surface area contributed by atoms with E-state index in [-0.39, 0.29) is 24.3 Å². The number of carbonyl (C=O) groups is 3.